The molecule has 0 saturated heterocycles. The highest BCUT2D eigenvalue weighted by atomic mass is 79.9. The number of ether oxygens (including phenoxy) is 2. The number of hydrogen-bond donors (Lipinski definition) is 0. The average Bonchev–Trinajstić information content (AvgIpc) is 2.86. The number of fused-ring (bicyclic) bond motifs is 1. The summed E-state index contributed by atoms with van der Waals surface area (Å²) in [5, 5.41) is 5.14. The third-order valence-electron chi connectivity index (χ3n) is 5.18. The molecule has 4 rings (SSSR count). The molecule has 1 aromatic heterocycles. The third-order valence-corrected chi connectivity index (χ3v) is 7.11. The molecule has 1 heterocycles. The molecular weight excluding hydrogens is 605 g/mol. The molecule has 0 aliphatic carbocycles. The first-order valence-electron chi connectivity index (χ1n) is 10.5. The fourth-order valence-corrected chi connectivity index (χ4v) is 4.40. The summed E-state index contributed by atoms with van der Waals surface area (Å²) in [5.74, 6) is 0.904. The van der Waals surface area contributed by atoms with E-state index < -0.39 is 0 Å². The summed E-state index contributed by atoms with van der Waals surface area (Å²) in [4.78, 5) is 17.7. The Morgan fingerprint density at radius 3 is 2.60 bits per heavy atom. The minimum absolute atomic E-state index is 0.170. The van der Waals surface area contributed by atoms with Crippen molar-refractivity contribution in [3.8, 4) is 11.5 Å². The van der Waals surface area contributed by atoms with E-state index in [2.05, 4.69) is 41.9 Å². The minimum Gasteiger partial charge on any atom is -0.493 e. The molecule has 0 saturated carbocycles. The average molecular weight is 624 g/mol. The first-order valence-corrected chi connectivity index (χ1v) is 12.5. The lowest BCUT2D eigenvalue weighted by atomic mass is 10.2. The van der Waals surface area contributed by atoms with Crippen LogP contribution in [0.1, 0.15) is 23.9 Å². The second kappa shape index (κ2) is 10.9. The number of rotatable bonds is 7. The van der Waals surface area contributed by atoms with Crippen LogP contribution < -0.4 is 15.0 Å². The summed E-state index contributed by atoms with van der Waals surface area (Å²) >= 11 is 13.5. The Hall–Kier alpha value is -2.75. The quantitative estimate of drug-likeness (QED) is 0.214. The molecule has 0 aliphatic rings. The molecule has 0 atom stereocenters. The van der Waals surface area contributed by atoms with E-state index >= 15 is 0 Å². The lowest BCUT2D eigenvalue weighted by Crippen LogP contribution is -2.22. The van der Waals surface area contributed by atoms with Gasteiger partial charge in [0.05, 0.1) is 24.2 Å². The maximum absolute atomic E-state index is 13.2. The number of aromatic nitrogens is 2. The van der Waals surface area contributed by atoms with Crippen LogP contribution in [0.25, 0.3) is 10.9 Å². The Balaban J connectivity index is 1.70. The van der Waals surface area contributed by atoms with Crippen molar-refractivity contribution >= 4 is 60.6 Å². The molecule has 0 N–H and O–H groups in total. The Kier molecular flexibility index (Phi) is 7.88. The molecule has 0 amide bonds. The summed E-state index contributed by atoms with van der Waals surface area (Å²) in [5.41, 5.74) is 1.67. The van der Waals surface area contributed by atoms with Crippen molar-refractivity contribution in [3.63, 3.8) is 0 Å². The van der Waals surface area contributed by atoms with Gasteiger partial charge in [0.2, 0.25) is 0 Å². The topological polar surface area (TPSA) is 65.7 Å². The normalized spacial score (nSPS) is 11.4. The summed E-state index contributed by atoms with van der Waals surface area (Å²) < 4.78 is 27.1. The second-order valence-corrected chi connectivity index (χ2v) is 9.53. The SMILES string of the molecule is CCc1nc2ccc(Br)cc2c(=O)n1N=Cc1cc(OC)c(OCc2ccc(F)cc2)c(Cl)c1Br. The van der Waals surface area contributed by atoms with Crippen LogP contribution in [-0.2, 0) is 13.0 Å². The molecule has 0 bridgehead atoms. The predicted octanol–water partition coefficient (Wildman–Crippen LogP) is 6.75. The summed E-state index contributed by atoms with van der Waals surface area (Å²) in [7, 11) is 1.50. The van der Waals surface area contributed by atoms with Crippen LogP contribution in [-0.4, -0.2) is 23.0 Å². The highest BCUT2D eigenvalue weighted by Gasteiger charge is 2.18. The monoisotopic (exact) mass is 621 g/mol. The molecule has 4 aromatic rings. The molecule has 0 unspecified atom stereocenters. The number of halogens is 4. The van der Waals surface area contributed by atoms with Crippen LogP contribution in [0, 0.1) is 5.82 Å². The Labute approximate surface area is 222 Å². The van der Waals surface area contributed by atoms with Crippen molar-refractivity contribution in [1.82, 2.24) is 9.66 Å². The van der Waals surface area contributed by atoms with Gasteiger partial charge in [0.1, 0.15) is 23.3 Å². The lowest BCUT2D eigenvalue weighted by molar-refractivity contribution is 0.284. The largest absolute Gasteiger partial charge is 0.493 e. The van der Waals surface area contributed by atoms with E-state index in [1.807, 2.05) is 13.0 Å². The predicted molar refractivity (Wildman–Crippen MR) is 143 cm³/mol. The molecule has 3 aromatic carbocycles. The van der Waals surface area contributed by atoms with Gasteiger partial charge in [0.25, 0.3) is 5.56 Å². The first kappa shape index (κ1) is 25.3. The highest BCUT2D eigenvalue weighted by molar-refractivity contribution is 9.10. The number of hydrogen-bond acceptors (Lipinski definition) is 5. The van der Waals surface area contributed by atoms with E-state index in [0.717, 1.165) is 10.0 Å². The Bertz CT molecular complexity index is 1490. The van der Waals surface area contributed by atoms with Crippen LogP contribution in [0.3, 0.4) is 0 Å². The lowest BCUT2D eigenvalue weighted by Gasteiger charge is -2.15. The summed E-state index contributed by atoms with van der Waals surface area (Å²) in [6.45, 7) is 2.07. The first-order chi connectivity index (χ1) is 16.8. The fraction of sp³-hybridized carbons (Fsp3) is 0.160. The zero-order valence-corrected chi connectivity index (χ0v) is 22.6. The van der Waals surface area contributed by atoms with Crippen molar-refractivity contribution in [1.29, 1.82) is 0 Å². The maximum Gasteiger partial charge on any atom is 0.282 e. The number of aryl methyl sites for hydroxylation is 1. The van der Waals surface area contributed by atoms with Gasteiger partial charge in [-0.15, -0.1) is 0 Å². The molecule has 0 radical (unpaired) electrons. The van der Waals surface area contributed by atoms with Gasteiger partial charge in [-0.3, -0.25) is 4.79 Å². The van der Waals surface area contributed by atoms with E-state index in [-0.39, 0.29) is 23.0 Å². The molecule has 35 heavy (non-hydrogen) atoms. The van der Waals surface area contributed by atoms with Crippen LogP contribution in [0.15, 0.2) is 67.4 Å². The van der Waals surface area contributed by atoms with Crippen LogP contribution in [0.5, 0.6) is 11.5 Å². The second-order valence-electron chi connectivity index (χ2n) is 7.44. The summed E-state index contributed by atoms with van der Waals surface area (Å²) in [6, 6.07) is 13.0. The molecular formula is C25H19Br2ClFN3O3. The standard InChI is InChI=1S/C25H19Br2ClFN3O3/c1-3-21-31-19-9-6-16(26)11-18(19)25(33)32(21)30-12-15-10-20(34-2)24(23(28)22(15)27)35-13-14-4-7-17(29)8-5-14/h4-12H,3,13H2,1-2H3. The Morgan fingerprint density at radius 2 is 1.91 bits per heavy atom. The van der Waals surface area contributed by atoms with Gasteiger partial charge in [-0.1, -0.05) is 46.6 Å². The van der Waals surface area contributed by atoms with Gasteiger partial charge >= 0.3 is 0 Å². The van der Waals surface area contributed by atoms with Crippen molar-refractivity contribution in [2.24, 2.45) is 5.10 Å². The van der Waals surface area contributed by atoms with Gasteiger partial charge in [-0.2, -0.15) is 9.78 Å². The van der Waals surface area contributed by atoms with E-state index in [1.165, 1.54) is 30.1 Å². The minimum atomic E-state index is -0.324. The van der Waals surface area contributed by atoms with Gasteiger partial charge in [-0.05, 0) is 57.9 Å². The molecule has 180 valence electrons. The van der Waals surface area contributed by atoms with Gasteiger partial charge < -0.3 is 9.47 Å². The molecule has 0 spiro atoms. The zero-order chi connectivity index (χ0) is 25.1. The van der Waals surface area contributed by atoms with Crippen molar-refractivity contribution in [2.75, 3.05) is 7.11 Å². The number of methoxy groups -OCH3 is 1. The van der Waals surface area contributed by atoms with Crippen LogP contribution >= 0.6 is 43.5 Å². The van der Waals surface area contributed by atoms with Crippen LogP contribution in [0.4, 0.5) is 4.39 Å². The molecule has 0 fully saturated rings. The van der Waals surface area contributed by atoms with Gasteiger partial charge in [-0.25, -0.2) is 9.37 Å². The van der Waals surface area contributed by atoms with Crippen molar-refractivity contribution in [3.05, 3.63) is 95.6 Å². The smallest absolute Gasteiger partial charge is 0.282 e. The third kappa shape index (κ3) is 5.42. The van der Waals surface area contributed by atoms with E-state index in [4.69, 9.17) is 21.1 Å². The van der Waals surface area contributed by atoms with Crippen molar-refractivity contribution in [2.45, 2.75) is 20.0 Å². The van der Waals surface area contributed by atoms with Gasteiger partial charge in [0.15, 0.2) is 11.5 Å². The molecule has 10 heteroatoms. The van der Waals surface area contributed by atoms with Crippen LogP contribution in [0.2, 0.25) is 5.02 Å². The highest BCUT2D eigenvalue weighted by Crippen LogP contribution is 2.42. The summed E-state index contributed by atoms with van der Waals surface area (Å²) in [6.07, 6.45) is 2.02. The maximum atomic E-state index is 13.2. The zero-order valence-electron chi connectivity index (χ0n) is 18.7. The number of nitrogens with zero attached hydrogens (tertiary/aromatic N) is 3. The molecule has 6 nitrogen and oxygen atoms in total. The van der Waals surface area contributed by atoms with E-state index in [9.17, 15) is 9.18 Å². The van der Waals surface area contributed by atoms with E-state index in [1.54, 1.807) is 30.3 Å². The van der Waals surface area contributed by atoms with Crippen molar-refractivity contribution < 1.29 is 13.9 Å². The van der Waals surface area contributed by atoms with Gasteiger partial charge in [0, 0.05) is 20.9 Å². The number of benzene rings is 3. The fourth-order valence-electron chi connectivity index (χ4n) is 3.38. The van der Waals surface area contributed by atoms with E-state index in [0.29, 0.717) is 44.7 Å². The molecule has 0 aliphatic heterocycles. The Morgan fingerprint density at radius 1 is 1.17 bits per heavy atom.